The van der Waals surface area contributed by atoms with Crippen LogP contribution in [0, 0.1) is 0 Å². The Bertz CT molecular complexity index is 951. The van der Waals surface area contributed by atoms with Gasteiger partial charge in [0.2, 0.25) is 5.91 Å². The highest BCUT2D eigenvalue weighted by molar-refractivity contribution is 7.90. The molecule has 0 unspecified atom stereocenters. The first-order valence-electron chi connectivity index (χ1n) is 9.05. The molecular formula is C20H23N3O3S. The van der Waals surface area contributed by atoms with Crippen LogP contribution < -0.4 is 10.0 Å². The lowest BCUT2D eigenvalue weighted by molar-refractivity contribution is -0.116. The lowest BCUT2D eigenvalue weighted by Crippen LogP contribution is -2.23. The molecule has 0 saturated heterocycles. The number of carbonyl (C=O) groups excluding carboxylic acids is 1. The lowest BCUT2D eigenvalue weighted by atomic mass is 10.1. The Hall–Kier alpha value is -2.67. The van der Waals surface area contributed by atoms with E-state index in [1.165, 1.54) is 11.6 Å². The molecule has 0 fully saturated rings. The van der Waals surface area contributed by atoms with Crippen molar-refractivity contribution in [1.29, 1.82) is 0 Å². The molecule has 1 aliphatic heterocycles. The number of fused-ring (bicyclic) bond motifs is 1. The molecule has 1 heterocycles. The van der Waals surface area contributed by atoms with Gasteiger partial charge in [0, 0.05) is 17.7 Å². The third kappa shape index (κ3) is 4.74. The Morgan fingerprint density at radius 1 is 1.11 bits per heavy atom. The Morgan fingerprint density at radius 3 is 2.59 bits per heavy atom. The van der Waals surface area contributed by atoms with E-state index < -0.39 is 10.0 Å². The summed E-state index contributed by atoms with van der Waals surface area (Å²) in [5, 5.41) is 2.84. The average Bonchev–Trinajstić information content (AvgIpc) is 2.92. The molecule has 0 spiro atoms. The van der Waals surface area contributed by atoms with Gasteiger partial charge in [0.25, 0.3) is 10.0 Å². The molecule has 0 aromatic heterocycles. The van der Waals surface area contributed by atoms with Gasteiger partial charge >= 0.3 is 0 Å². The number of rotatable bonds is 7. The van der Waals surface area contributed by atoms with Crippen molar-refractivity contribution in [3.63, 3.8) is 0 Å². The summed E-state index contributed by atoms with van der Waals surface area (Å²) in [7, 11) is -3.55. The van der Waals surface area contributed by atoms with Gasteiger partial charge in [-0.1, -0.05) is 37.6 Å². The summed E-state index contributed by atoms with van der Waals surface area (Å²) in [5.74, 6) is 0.133. The maximum atomic E-state index is 12.1. The number of nitrogens with zero attached hydrogens (tertiary/aromatic N) is 1. The van der Waals surface area contributed by atoms with Crippen LogP contribution in [0.15, 0.2) is 58.4 Å². The molecule has 3 rings (SSSR count). The first-order valence-corrected chi connectivity index (χ1v) is 10.5. The zero-order chi connectivity index (χ0) is 19.3. The van der Waals surface area contributed by atoms with Crippen LogP contribution in [0.25, 0.3) is 0 Å². The van der Waals surface area contributed by atoms with E-state index in [-0.39, 0.29) is 23.8 Å². The Balaban J connectivity index is 1.55. The molecule has 0 atom stereocenters. The van der Waals surface area contributed by atoms with E-state index in [2.05, 4.69) is 22.0 Å². The first-order chi connectivity index (χ1) is 13.0. The SMILES string of the molecule is CCCCc1ccc(NC(=O)CCN=C2NS(=O)(=O)c3ccccc32)cc1. The van der Waals surface area contributed by atoms with Crippen LogP contribution in [0.3, 0.4) is 0 Å². The largest absolute Gasteiger partial charge is 0.326 e. The second-order valence-corrected chi connectivity index (χ2v) is 8.08. The van der Waals surface area contributed by atoms with Gasteiger partial charge in [-0.05, 0) is 42.7 Å². The van der Waals surface area contributed by atoms with Crippen LogP contribution >= 0.6 is 0 Å². The molecule has 7 heteroatoms. The minimum absolute atomic E-state index is 0.158. The van der Waals surface area contributed by atoms with Crippen molar-refractivity contribution in [2.45, 2.75) is 37.5 Å². The fourth-order valence-electron chi connectivity index (χ4n) is 2.88. The summed E-state index contributed by atoms with van der Waals surface area (Å²) in [6.45, 7) is 2.36. The van der Waals surface area contributed by atoms with Gasteiger partial charge in [-0.3, -0.25) is 14.5 Å². The number of unbranched alkanes of at least 4 members (excludes halogenated alkanes) is 1. The maximum Gasteiger partial charge on any atom is 0.263 e. The first kappa shape index (κ1) is 19.1. The molecule has 0 saturated carbocycles. The molecule has 142 valence electrons. The number of amidine groups is 1. The highest BCUT2D eigenvalue weighted by Crippen LogP contribution is 2.22. The normalized spacial score (nSPS) is 16.0. The predicted octanol–water partition coefficient (Wildman–Crippen LogP) is 3.10. The van der Waals surface area contributed by atoms with Gasteiger partial charge in [0.05, 0.1) is 11.4 Å². The van der Waals surface area contributed by atoms with E-state index in [0.717, 1.165) is 24.9 Å². The van der Waals surface area contributed by atoms with Crippen LogP contribution in [0.5, 0.6) is 0 Å². The van der Waals surface area contributed by atoms with Crippen LogP contribution in [0.4, 0.5) is 5.69 Å². The Morgan fingerprint density at radius 2 is 1.85 bits per heavy atom. The minimum atomic E-state index is -3.55. The number of amides is 1. The average molecular weight is 385 g/mol. The number of hydrogen-bond acceptors (Lipinski definition) is 4. The van der Waals surface area contributed by atoms with Crippen molar-refractivity contribution in [3.05, 3.63) is 59.7 Å². The minimum Gasteiger partial charge on any atom is -0.326 e. The highest BCUT2D eigenvalue weighted by atomic mass is 32.2. The molecule has 2 aromatic carbocycles. The molecule has 0 radical (unpaired) electrons. The Kier molecular flexibility index (Phi) is 5.91. The maximum absolute atomic E-state index is 12.1. The summed E-state index contributed by atoms with van der Waals surface area (Å²) in [6.07, 6.45) is 3.52. The van der Waals surface area contributed by atoms with E-state index in [1.54, 1.807) is 18.2 Å². The number of sulfonamides is 1. The molecule has 1 amide bonds. The lowest BCUT2D eigenvalue weighted by Gasteiger charge is -2.06. The standard InChI is InChI=1S/C20H23N3O3S/c1-2-3-6-15-9-11-16(12-10-15)22-19(24)13-14-21-20-17-7-4-5-8-18(17)27(25,26)23-20/h4-5,7-12H,2-3,6,13-14H2,1H3,(H,21,23)(H,22,24). The molecule has 6 nitrogen and oxygen atoms in total. The molecule has 2 aromatic rings. The van der Waals surface area contributed by atoms with E-state index in [9.17, 15) is 13.2 Å². The zero-order valence-corrected chi connectivity index (χ0v) is 16.1. The monoisotopic (exact) mass is 385 g/mol. The number of nitrogens with one attached hydrogen (secondary N) is 2. The number of benzene rings is 2. The summed E-state index contributed by atoms with van der Waals surface area (Å²) < 4.78 is 26.5. The summed E-state index contributed by atoms with van der Waals surface area (Å²) in [4.78, 5) is 16.6. The van der Waals surface area contributed by atoms with Gasteiger partial charge in [-0.2, -0.15) is 0 Å². The van der Waals surface area contributed by atoms with E-state index >= 15 is 0 Å². The molecule has 27 heavy (non-hydrogen) atoms. The van der Waals surface area contributed by atoms with Crippen molar-refractivity contribution in [2.24, 2.45) is 4.99 Å². The van der Waals surface area contributed by atoms with Crippen molar-refractivity contribution in [2.75, 3.05) is 11.9 Å². The number of carbonyl (C=O) groups is 1. The third-order valence-corrected chi connectivity index (χ3v) is 5.73. The van der Waals surface area contributed by atoms with Crippen LogP contribution in [-0.2, 0) is 21.2 Å². The van der Waals surface area contributed by atoms with Gasteiger partial charge < -0.3 is 5.32 Å². The van der Waals surface area contributed by atoms with Gasteiger partial charge in [0.1, 0.15) is 5.84 Å². The van der Waals surface area contributed by atoms with Crippen molar-refractivity contribution in [3.8, 4) is 0 Å². The van der Waals surface area contributed by atoms with E-state index in [0.29, 0.717) is 11.4 Å². The fraction of sp³-hybridized carbons (Fsp3) is 0.300. The number of anilines is 1. The quantitative estimate of drug-likeness (QED) is 0.768. The summed E-state index contributed by atoms with van der Waals surface area (Å²) in [6, 6.07) is 14.5. The molecule has 2 N–H and O–H groups in total. The van der Waals surface area contributed by atoms with Crippen LogP contribution in [0.1, 0.15) is 37.3 Å². The summed E-state index contributed by atoms with van der Waals surface area (Å²) >= 11 is 0. The predicted molar refractivity (Wildman–Crippen MR) is 106 cm³/mol. The van der Waals surface area contributed by atoms with Crippen molar-refractivity contribution in [1.82, 2.24) is 4.72 Å². The second-order valence-electron chi connectivity index (χ2n) is 6.43. The summed E-state index contributed by atoms with van der Waals surface area (Å²) in [5.41, 5.74) is 2.55. The van der Waals surface area contributed by atoms with Crippen LogP contribution in [0.2, 0.25) is 0 Å². The number of hydrogen-bond donors (Lipinski definition) is 2. The zero-order valence-electron chi connectivity index (χ0n) is 15.2. The highest BCUT2D eigenvalue weighted by Gasteiger charge is 2.29. The second kappa shape index (κ2) is 8.35. The molecular weight excluding hydrogens is 362 g/mol. The Labute approximate surface area is 159 Å². The molecule has 0 aliphatic carbocycles. The topological polar surface area (TPSA) is 87.6 Å². The van der Waals surface area contributed by atoms with Crippen molar-refractivity contribution >= 4 is 27.5 Å². The smallest absolute Gasteiger partial charge is 0.263 e. The van der Waals surface area contributed by atoms with Gasteiger partial charge in [-0.25, -0.2) is 8.42 Å². The van der Waals surface area contributed by atoms with Crippen molar-refractivity contribution < 1.29 is 13.2 Å². The fourth-order valence-corrected chi connectivity index (χ4v) is 4.13. The third-order valence-electron chi connectivity index (χ3n) is 4.33. The van der Waals surface area contributed by atoms with Gasteiger partial charge in [-0.15, -0.1) is 0 Å². The molecule has 0 bridgehead atoms. The van der Waals surface area contributed by atoms with E-state index in [4.69, 9.17) is 0 Å². The molecule has 1 aliphatic rings. The van der Waals surface area contributed by atoms with E-state index in [1.807, 2.05) is 24.3 Å². The number of aryl methyl sites for hydroxylation is 1. The van der Waals surface area contributed by atoms with Gasteiger partial charge in [0.15, 0.2) is 0 Å². The number of aliphatic imine (C=N–C) groups is 1. The van der Waals surface area contributed by atoms with Crippen LogP contribution in [-0.4, -0.2) is 26.7 Å².